The van der Waals surface area contributed by atoms with Gasteiger partial charge in [-0.15, -0.1) is 0 Å². The van der Waals surface area contributed by atoms with E-state index in [2.05, 4.69) is 56.4 Å². The number of hydrogen-bond donors (Lipinski definition) is 1. The Bertz CT molecular complexity index is 438. The van der Waals surface area contributed by atoms with Gasteiger partial charge >= 0.3 is 0 Å². The van der Waals surface area contributed by atoms with Gasteiger partial charge in [-0.1, -0.05) is 58.0 Å². The van der Waals surface area contributed by atoms with E-state index in [1.807, 2.05) is 6.92 Å². The molecule has 104 valence electrons. The zero-order valence-electron chi connectivity index (χ0n) is 12.4. The molecule has 0 aliphatic heterocycles. The first-order valence-corrected chi connectivity index (χ1v) is 7.31. The molecule has 1 fully saturated rings. The summed E-state index contributed by atoms with van der Waals surface area (Å²) in [6.07, 6.45) is 0.905. The molecule has 1 N–H and O–H groups in total. The number of hydrogen-bond acceptors (Lipinski definition) is 1. The Morgan fingerprint density at radius 1 is 1.32 bits per heavy atom. The van der Waals surface area contributed by atoms with Gasteiger partial charge in [-0.3, -0.25) is 4.79 Å². The monoisotopic (exact) mass is 259 g/mol. The van der Waals surface area contributed by atoms with Crippen molar-refractivity contribution in [2.45, 2.75) is 40.0 Å². The summed E-state index contributed by atoms with van der Waals surface area (Å²) in [4.78, 5) is 11.8. The summed E-state index contributed by atoms with van der Waals surface area (Å²) in [7, 11) is 0. The summed E-state index contributed by atoms with van der Waals surface area (Å²) in [6, 6.07) is 10.6. The van der Waals surface area contributed by atoms with Gasteiger partial charge in [0.2, 0.25) is 5.91 Å². The summed E-state index contributed by atoms with van der Waals surface area (Å²) < 4.78 is 0. The fourth-order valence-corrected chi connectivity index (χ4v) is 3.02. The van der Waals surface area contributed by atoms with E-state index in [-0.39, 0.29) is 11.8 Å². The van der Waals surface area contributed by atoms with Crippen LogP contribution in [0.15, 0.2) is 30.3 Å². The molecule has 1 aromatic carbocycles. The van der Waals surface area contributed by atoms with Crippen molar-refractivity contribution in [3.8, 4) is 0 Å². The number of benzene rings is 1. The molecule has 1 saturated carbocycles. The van der Waals surface area contributed by atoms with Crippen molar-refractivity contribution in [2.24, 2.45) is 17.3 Å². The van der Waals surface area contributed by atoms with Crippen molar-refractivity contribution in [1.82, 2.24) is 5.32 Å². The molecule has 2 nitrogen and oxygen atoms in total. The summed E-state index contributed by atoms with van der Waals surface area (Å²) in [6.45, 7) is 9.44. The topological polar surface area (TPSA) is 29.1 Å². The fraction of sp³-hybridized carbons (Fsp3) is 0.588. The zero-order valence-corrected chi connectivity index (χ0v) is 12.4. The van der Waals surface area contributed by atoms with Gasteiger partial charge in [0.15, 0.2) is 0 Å². The summed E-state index contributed by atoms with van der Waals surface area (Å²) in [5.41, 5.74) is 1.69. The second-order valence-corrected chi connectivity index (χ2v) is 6.37. The molecule has 1 aliphatic rings. The van der Waals surface area contributed by atoms with Crippen LogP contribution in [0.4, 0.5) is 0 Å². The molecule has 0 radical (unpaired) electrons. The van der Waals surface area contributed by atoms with E-state index >= 15 is 0 Å². The van der Waals surface area contributed by atoms with Gasteiger partial charge in [0, 0.05) is 12.5 Å². The van der Waals surface area contributed by atoms with Crippen molar-refractivity contribution in [3.05, 3.63) is 35.9 Å². The average molecular weight is 259 g/mol. The highest BCUT2D eigenvalue weighted by molar-refractivity contribution is 5.78. The lowest BCUT2D eigenvalue weighted by Crippen LogP contribution is -2.31. The fourth-order valence-electron chi connectivity index (χ4n) is 3.02. The van der Waals surface area contributed by atoms with Gasteiger partial charge in [0.05, 0.1) is 0 Å². The van der Waals surface area contributed by atoms with E-state index in [0.717, 1.165) is 13.0 Å². The molecular weight excluding hydrogens is 234 g/mol. The SMILES string of the molecule is CC[C@H](C)C(=O)NC[C@H]1[C@@H](c2ccccc2)C1(C)C. The van der Waals surface area contributed by atoms with Crippen LogP contribution in [0.2, 0.25) is 0 Å². The van der Waals surface area contributed by atoms with Crippen LogP contribution in [0.1, 0.15) is 45.6 Å². The van der Waals surface area contributed by atoms with E-state index in [4.69, 9.17) is 0 Å². The van der Waals surface area contributed by atoms with E-state index in [9.17, 15) is 4.79 Å². The molecular formula is C17H25NO. The highest BCUT2D eigenvalue weighted by atomic mass is 16.1. The molecule has 0 spiro atoms. The number of nitrogens with one attached hydrogen (secondary N) is 1. The lowest BCUT2D eigenvalue weighted by molar-refractivity contribution is -0.124. The maximum absolute atomic E-state index is 11.8. The van der Waals surface area contributed by atoms with E-state index in [1.54, 1.807) is 0 Å². The Labute approximate surface area is 116 Å². The minimum absolute atomic E-state index is 0.122. The lowest BCUT2D eigenvalue weighted by atomic mass is 10.0. The number of rotatable bonds is 5. The predicted octanol–water partition coefficient (Wildman–Crippen LogP) is 3.59. The van der Waals surface area contributed by atoms with Gasteiger partial charge in [-0.25, -0.2) is 0 Å². The highest BCUT2D eigenvalue weighted by Crippen LogP contribution is 2.63. The van der Waals surface area contributed by atoms with Crippen LogP contribution >= 0.6 is 0 Å². The third-order valence-corrected chi connectivity index (χ3v) is 4.77. The maximum Gasteiger partial charge on any atom is 0.222 e. The number of carbonyl (C=O) groups is 1. The standard InChI is InChI=1S/C17H25NO/c1-5-12(2)16(19)18-11-14-15(17(14,3)4)13-9-7-6-8-10-13/h6-10,12,14-15H,5,11H2,1-4H3,(H,18,19)/t12-,14-,15+/m0/s1. The molecule has 3 atom stereocenters. The molecule has 1 aromatic rings. The smallest absolute Gasteiger partial charge is 0.222 e. The minimum Gasteiger partial charge on any atom is -0.356 e. The van der Waals surface area contributed by atoms with E-state index in [1.165, 1.54) is 5.56 Å². The van der Waals surface area contributed by atoms with Crippen molar-refractivity contribution in [1.29, 1.82) is 0 Å². The normalized spacial score (nSPS) is 25.7. The first kappa shape index (κ1) is 14.1. The largest absolute Gasteiger partial charge is 0.356 e. The summed E-state index contributed by atoms with van der Waals surface area (Å²) in [5.74, 6) is 1.45. The first-order valence-electron chi connectivity index (χ1n) is 7.31. The molecule has 1 amide bonds. The van der Waals surface area contributed by atoms with Crippen LogP contribution in [0.5, 0.6) is 0 Å². The van der Waals surface area contributed by atoms with Gasteiger partial charge in [0.25, 0.3) is 0 Å². The second-order valence-electron chi connectivity index (χ2n) is 6.37. The van der Waals surface area contributed by atoms with Crippen molar-refractivity contribution >= 4 is 5.91 Å². The molecule has 0 saturated heterocycles. The molecule has 2 heteroatoms. The third kappa shape index (κ3) is 2.83. The summed E-state index contributed by atoms with van der Waals surface area (Å²) in [5, 5.41) is 3.11. The molecule has 0 unspecified atom stereocenters. The van der Waals surface area contributed by atoms with Crippen molar-refractivity contribution < 1.29 is 4.79 Å². The van der Waals surface area contributed by atoms with Crippen LogP contribution in [0.25, 0.3) is 0 Å². The zero-order chi connectivity index (χ0) is 14.0. The van der Waals surface area contributed by atoms with Crippen LogP contribution in [0, 0.1) is 17.3 Å². The van der Waals surface area contributed by atoms with Crippen LogP contribution < -0.4 is 5.32 Å². The predicted molar refractivity (Wildman–Crippen MR) is 78.9 cm³/mol. The van der Waals surface area contributed by atoms with Crippen molar-refractivity contribution in [3.63, 3.8) is 0 Å². The molecule has 0 aromatic heterocycles. The summed E-state index contributed by atoms with van der Waals surface area (Å²) >= 11 is 0. The quantitative estimate of drug-likeness (QED) is 0.860. The number of carbonyl (C=O) groups excluding carboxylic acids is 1. The highest BCUT2D eigenvalue weighted by Gasteiger charge is 2.57. The van der Waals surface area contributed by atoms with E-state index in [0.29, 0.717) is 17.3 Å². The van der Waals surface area contributed by atoms with Crippen LogP contribution in [-0.2, 0) is 4.79 Å². The van der Waals surface area contributed by atoms with Gasteiger partial charge in [-0.05, 0) is 29.2 Å². The van der Waals surface area contributed by atoms with E-state index < -0.39 is 0 Å². The molecule has 2 rings (SSSR count). The molecule has 0 heterocycles. The second kappa shape index (κ2) is 5.36. The Morgan fingerprint density at radius 3 is 2.53 bits per heavy atom. The molecule has 1 aliphatic carbocycles. The third-order valence-electron chi connectivity index (χ3n) is 4.77. The Hall–Kier alpha value is -1.31. The number of amides is 1. The van der Waals surface area contributed by atoms with Crippen LogP contribution in [-0.4, -0.2) is 12.5 Å². The first-order chi connectivity index (χ1) is 8.98. The van der Waals surface area contributed by atoms with Gasteiger partial charge < -0.3 is 5.32 Å². The van der Waals surface area contributed by atoms with Crippen molar-refractivity contribution in [2.75, 3.05) is 6.54 Å². The molecule has 0 bridgehead atoms. The minimum atomic E-state index is 0.122. The Morgan fingerprint density at radius 2 is 1.95 bits per heavy atom. The molecule has 19 heavy (non-hydrogen) atoms. The van der Waals surface area contributed by atoms with Crippen LogP contribution in [0.3, 0.4) is 0 Å². The lowest BCUT2D eigenvalue weighted by Gasteiger charge is -2.10. The average Bonchev–Trinajstić information content (AvgIpc) is 2.97. The Kier molecular flexibility index (Phi) is 3.98. The van der Waals surface area contributed by atoms with Gasteiger partial charge in [-0.2, -0.15) is 0 Å². The maximum atomic E-state index is 11.8. The van der Waals surface area contributed by atoms with Gasteiger partial charge in [0.1, 0.15) is 0 Å². The Balaban J connectivity index is 1.94.